The standard InChI is InChI=1S/C14H18FNO2/c1-2-3-13(16)12-8-10(15)4-5-14(12)18-11-6-7-17-9-11/h2,4-5,8,11,13H,1,3,6-7,9,16H2/t11-,13?/m1/s1. The number of halogens is 1. The number of benzene rings is 1. The Labute approximate surface area is 106 Å². The maximum atomic E-state index is 13.3. The molecule has 98 valence electrons. The SMILES string of the molecule is C=CCC(N)c1cc(F)ccc1O[C@@H]1CCOC1. The van der Waals surface area contributed by atoms with Gasteiger partial charge in [-0.25, -0.2) is 4.39 Å². The van der Waals surface area contributed by atoms with Crippen LogP contribution in [0.4, 0.5) is 4.39 Å². The van der Waals surface area contributed by atoms with Crippen molar-refractivity contribution in [1.82, 2.24) is 0 Å². The van der Waals surface area contributed by atoms with Crippen LogP contribution in [-0.2, 0) is 4.74 Å². The van der Waals surface area contributed by atoms with Gasteiger partial charge >= 0.3 is 0 Å². The highest BCUT2D eigenvalue weighted by molar-refractivity contribution is 5.37. The largest absolute Gasteiger partial charge is 0.488 e. The molecule has 0 spiro atoms. The topological polar surface area (TPSA) is 44.5 Å². The van der Waals surface area contributed by atoms with Gasteiger partial charge in [-0.05, 0) is 24.6 Å². The van der Waals surface area contributed by atoms with E-state index in [-0.39, 0.29) is 18.0 Å². The third-order valence-electron chi connectivity index (χ3n) is 2.97. The molecule has 1 aromatic carbocycles. The molecule has 0 radical (unpaired) electrons. The second-order valence-electron chi connectivity index (χ2n) is 4.42. The summed E-state index contributed by atoms with van der Waals surface area (Å²) in [6.45, 7) is 4.93. The van der Waals surface area contributed by atoms with Gasteiger partial charge < -0.3 is 15.2 Å². The van der Waals surface area contributed by atoms with Gasteiger partial charge in [0.05, 0.1) is 13.2 Å². The average Bonchev–Trinajstić information content (AvgIpc) is 2.84. The number of hydrogen-bond donors (Lipinski definition) is 1. The van der Waals surface area contributed by atoms with Gasteiger partial charge in [-0.15, -0.1) is 6.58 Å². The lowest BCUT2D eigenvalue weighted by Crippen LogP contribution is -2.19. The van der Waals surface area contributed by atoms with Crippen molar-refractivity contribution in [3.8, 4) is 5.75 Å². The first-order chi connectivity index (χ1) is 8.70. The van der Waals surface area contributed by atoms with Gasteiger partial charge in [0.1, 0.15) is 17.7 Å². The van der Waals surface area contributed by atoms with Crippen LogP contribution < -0.4 is 10.5 Å². The predicted molar refractivity (Wildman–Crippen MR) is 68.0 cm³/mol. The predicted octanol–water partition coefficient (Wildman–Crippen LogP) is 2.57. The molecule has 0 aromatic heterocycles. The highest BCUT2D eigenvalue weighted by Crippen LogP contribution is 2.29. The second-order valence-corrected chi connectivity index (χ2v) is 4.42. The molecule has 2 rings (SSSR count). The molecule has 2 atom stereocenters. The van der Waals surface area contributed by atoms with Crippen LogP contribution in [0.25, 0.3) is 0 Å². The van der Waals surface area contributed by atoms with Crippen LogP contribution in [0.5, 0.6) is 5.75 Å². The molecule has 1 fully saturated rings. The molecule has 0 aliphatic carbocycles. The zero-order valence-electron chi connectivity index (χ0n) is 10.3. The van der Waals surface area contributed by atoms with E-state index in [0.717, 1.165) is 6.42 Å². The fourth-order valence-electron chi connectivity index (χ4n) is 2.01. The molecule has 2 N–H and O–H groups in total. The van der Waals surface area contributed by atoms with Crippen molar-refractivity contribution in [2.45, 2.75) is 25.0 Å². The van der Waals surface area contributed by atoms with Crippen LogP contribution in [0.2, 0.25) is 0 Å². The minimum Gasteiger partial charge on any atom is -0.488 e. The fraction of sp³-hybridized carbons (Fsp3) is 0.429. The molecule has 18 heavy (non-hydrogen) atoms. The van der Waals surface area contributed by atoms with Crippen molar-refractivity contribution in [3.63, 3.8) is 0 Å². The molecule has 1 heterocycles. The van der Waals surface area contributed by atoms with E-state index in [9.17, 15) is 4.39 Å². The molecule has 1 aliphatic heterocycles. The van der Waals surface area contributed by atoms with Crippen LogP contribution in [0.1, 0.15) is 24.4 Å². The Morgan fingerprint density at radius 3 is 3.11 bits per heavy atom. The van der Waals surface area contributed by atoms with E-state index < -0.39 is 0 Å². The zero-order chi connectivity index (χ0) is 13.0. The Bertz CT molecular complexity index is 416. The normalized spacial score (nSPS) is 20.7. The molecule has 1 aromatic rings. The summed E-state index contributed by atoms with van der Waals surface area (Å²) < 4.78 is 24.4. The summed E-state index contributed by atoms with van der Waals surface area (Å²) in [6, 6.07) is 4.15. The van der Waals surface area contributed by atoms with Gasteiger partial charge in [-0.3, -0.25) is 0 Å². The van der Waals surface area contributed by atoms with Gasteiger partial charge in [0.2, 0.25) is 0 Å². The monoisotopic (exact) mass is 251 g/mol. The molecule has 4 heteroatoms. The van der Waals surface area contributed by atoms with Crippen LogP contribution in [0.3, 0.4) is 0 Å². The van der Waals surface area contributed by atoms with Crippen molar-refractivity contribution in [1.29, 1.82) is 0 Å². The first-order valence-corrected chi connectivity index (χ1v) is 6.11. The Kier molecular flexibility index (Phi) is 4.33. The minimum absolute atomic E-state index is 0.0325. The zero-order valence-corrected chi connectivity index (χ0v) is 10.3. The summed E-state index contributed by atoms with van der Waals surface area (Å²) in [5.41, 5.74) is 6.68. The van der Waals surface area contributed by atoms with Crippen LogP contribution >= 0.6 is 0 Å². The first kappa shape index (κ1) is 13.1. The van der Waals surface area contributed by atoms with E-state index in [4.69, 9.17) is 15.2 Å². The first-order valence-electron chi connectivity index (χ1n) is 6.11. The summed E-state index contributed by atoms with van der Waals surface area (Å²) in [7, 11) is 0. The summed E-state index contributed by atoms with van der Waals surface area (Å²) in [4.78, 5) is 0. The average molecular weight is 251 g/mol. The van der Waals surface area contributed by atoms with Gasteiger partial charge in [0.15, 0.2) is 0 Å². The van der Waals surface area contributed by atoms with Gasteiger partial charge in [0.25, 0.3) is 0 Å². The van der Waals surface area contributed by atoms with Crippen molar-refractivity contribution in [2.24, 2.45) is 5.73 Å². The van der Waals surface area contributed by atoms with Gasteiger partial charge in [-0.1, -0.05) is 6.08 Å². The van der Waals surface area contributed by atoms with Crippen molar-refractivity contribution >= 4 is 0 Å². The molecule has 3 nitrogen and oxygen atoms in total. The third-order valence-corrected chi connectivity index (χ3v) is 2.97. The number of hydrogen-bond acceptors (Lipinski definition) is 3. The molecule has 0 amide bonds. The molecular weight excluding hydrogens is 233 g/mol. The molecule has 1 aliphatic rings. The van der Waals surface area contributed by atoms with Crippen molar-refractivity contribution in [2.75, 3.05) is 13.2 Å². The van der Waals surface area contributed by atoms with Crippen molar-refractivity contribution < 1.29 is 13.9 Å². The van der Waals surface area contributed by atoms with E-state index >= 15 is 0 Å². The summed E-state index contributed by atoms with van der Waals surface area (Å²) in [5.74, 6) is 0.334. The molecule has 1 unspecified atom stereocenters. The Morgan fingerprint density at radius 1 is 1.61 bits per heavy atom. The molecule has 0 bridgehead atoms. The number of ether oxygens (including phenoxy) is 2. The lowest BCUT2D eigenvalue weighted by Gasteiger charge is -2.19. The lowest BCUT2D eigenvalue weighted by molar-refractivity contribution is 0.140. The van der Waals surface area contributed by atoms with E-state index in [1.54, 1.807) is 12.1 Å². The fourth-order valence-corrected chi connectivity index (χ4v) is 2.01. The van der Waals surface area contributed by atoms with Crippen LogP contribution in [-0.4, -0.2) is 19.3 Å². The van der Waals surface area contributed by atoms with Crippen LogP contribution in [0, 0.1) is 5.82 Å². The lowest BCUT2D eigenvalue weighted by atomic mass is 10.0. The minimum atomic E-state index is -0.306. The van der Waals surface area contributed by atoms with Gasteiger partial charge in [0, 0.05) is 18.0 Å². The van der Waals surface area contributed by atoms with E-state index in [2.05, 4.69) is 6.58 Å². The van der Waals surface area contributed by atoms with E-state index in [0.29, 0.717) is 30.9 Å². The maximum Gasteiger partial charge on any atom is 0.124 e. The maximum absolute atomic E-state index is 13.3. The highest BCUT2D eigenvalue weighted by Gasteiger charge is 2.20. The quantitative estimate of drug-likeness (QED) is 0.818. The smallest absolute Gasteiger partial charge is 0.124 e. The molecular formula is C14H18FNO2. The van der Waals surface area contributed by atoms with Crippen molar-refractivity contribution in [3.05, 3.63) is 42.2 Å². The second kappa shape index (κ2) is 5.98. The molecule has 1 saturated heterocycles. The van der Waals surface area contributed by atoms with E-state index in [1.165, 1.54) is 12.1 Å². The highest BCUT2D eigenvalue weighted by atomic mass is 19.1. The Balaban J connectivity index is 2.18. The Morgan fingerprint density at radius 2 is 2.44 bits per heavy atom. The summed E-state index contributed by atoms with van der Waals surface area (Å²) in [6.07, 6.45) is 3.19. The van der Waals surface area contributed by atoms with E-state index in [1.807, 2.05) is 0 Å². The third kappa shape index (κ3) is 3.09. The summed E-state index contributed by atoms with van der Waals surface area (Å²) >= 11 is 0. The summed E-state index contributed by atoms with van der Waals surface area (Å²) in [5, 5.41) is 0. The number of nitrogens with two attached hydrogens (primary N) is 1. The molecule has 0 saturated carbocycles. The van der Waals surface area contributed by atoms with Gasteiger partial charge in [-0.2, -0.15) is 0 Å². The van der Waals surface area contributed by atoms with Crippen LogP contribution in [0.15, 0.2) is 30.9 Å². The number of rotatable bonds is 5. The Hall–Kier alpha value is -1.39.